The van der Waals surface area contributed by atoms with Gasteiger partial charge in [-0.1, -0.05) is 0 Å². The normalized spacial score (nSPS) is 19.4. The highest BCUT2D eigenvalue weighted by molar-refractivity contribution is 5.95. The maximum absolute atomic E-state index is 12.2. The van der Waals surface area contributed by atoms with Gasteiger partial charge in [-0.15, -0.1) is 0 Å². The molecule has 1 saturated heterocycles. The minimum atomic E-state index is -0.131. The lowest BCUT2D eigenvalue weighted by atomic mass is 10.1. The summed E-state index contributed by atoms with van der Waals surface area (Å²) < 4.78 is 15.9. The standard InChI is InChI=1S/C15H21NO4/c1-10(12-5-4-8-20-12)16-15(17)11-6-7-13(18-2)14(9-11)19-3/h6-7,9-10,12H,4-5,8H2,1-3H3,(H,16,17). The number of amides is 1. The number of hydrogen-bond acceptors (Lipinski definition) is 4. The van der Waals surface area contributed by atoms with Gasteiger partial charge in [0.25, 0.3) is 5.91 Å². The third-order valence-corrected chi connectivity index (χ3v) is 3.53. The number of carbonyl (C=O) groups excluding carboxylic acids is 1. The van der Waals surface area contributed by atoms with E-state index in [-0.39, 0.29) is 18.1 Å². The van der Waals surface area contributed by atoms with Crippen LogP contribution in [0.3, 0.4) is 0 Å². The van der Waals surface area contributed by atoms with Crippen molar-refractivity contribution in [3.63, 3.8) is 0 Å². The molecule has 5 nitrogen and oxygen atoms in total. The van der Waals surface area contributed by atoms with E-state index < -0.39 is 0 Å². The lowest BCUT2D eigenvalue weighted by molar-refractivity contribution is 0.0712. The van der Waals surface area contributed by atoms with Crippen LogP contribution in [0.1, 0.15) is 30.1 Å². The molecule has 0 aromatic heterocycles. The van der Waals surface area contributed by atoms with Crippen molar-refractivity contribution in [2.45, 2.75) is 31.9 Å². The van der Waals surface area contributed by atoms with E-state index in [2.05, 4.69) is 5.32 Å². The number of carbonyl (C=O) groups is 1. The van der Waals surface area contributed by atoms with E-state index in [4.69, 9.17) is 14.2 Å². The summed E-state index contributed by atoms with van der Waals surface area (Å²) in [4.78, 5) is 12.2. The van der Waals surface area contributed by atoms with Gasteiger partial charge in [-0.05, 0) is 38.0 Å². The molecule has 0 bridgehead atoms. The number of rotatable bonds is 5. The summed E-state index contributed by atoms with van der Waals surface area (Å²) in [7, 11) is 3.12. The molecule has 1 heterocycles. The summed E-state index contributed by atoms with van der Waals surface area (Å²) in [5.41, 5.74) is 0.549. The molecule has 0 radical (unpaired) electrons. The summed E-state index contributed by atoms with van der Waals surface area (Å²) in [6.45, 7) is 2.75. The number of benzene rings is 1. The Hall–Kier alpha value is -1.75. The van der Waals surface area contributed by atoms with E-state index in [1.807, 2.05) is 6.92 Å². The first kappa shape index (κ1) is 14.7. The van der Waals surface area contributed by atoms with E-state index >= 15 is 0 Å². The van der Waals surface area contributed by atoms with Gasteiger partial charge in [-0.2, -0.15) is 0 Å². The average molecular weight is 279 g/mol. The molecule has 1 aliphatic heterocycles. The van der Waals surface area contributed by atoms with Crippen molar-refractivity contribution in [2.24, 2.45) is 0 Å². The van der Waals surface area contributed by atoms with Crippen molar-refractivity contribution in [3.05, 3.63) is 23.8 Å². The van der Waals surface area contributed by atoms with Gasteiger partial charge in [0, 0.05) is 12.2 Å². The SMILES string of the molecule is COc1ccc(C(=O)NC(C)C2CCCO2)cc1OC. The Kier molecular flexibility index (Phi) is 4.84. The van der Waals surface area contributed by atoms with Crippen LogP contribution in [0.15, 0.2) is 18.2 Å². The third kappa shape index (κ3) is 3.22. The largest absolute Gasteiger partial charge is 0.493 e. The Bertz CT molecular complexity index is 469. The predicted molar refractivity (Wildman–Crippen MR) is 75.4 cm³/mol. The van der Waals surface area contributed by atoms with Gasteiger partial charge >= 0.3 is 0 Å². The lowest BCUT2D eigenvalue weighted by Gasteiger charge is -2.20. The summed E-state index contributed by atoms with van der Waals surface area (Å²) in [5, 5.41) is 2.97. The highest BCUT2D eigenvalue weighted by Crippen LogP contribution is 2.27. The second-order valence-corrected chi connectivity index (χ2v) is 4.88. The number of nitrogens with one attached hydrogen (secondary N) is 1. The monoisotopic (exact) mass is 279 g/mol. The van der Waals surface area contributed by atoms with Gasteiger partial charge in [0.2, 0.25) is 0 Å². The van der Waals surface area contributed by atoms with Crippen LogP contribution in [-0.2, 0) is 4.74 Å². The second-order valence-electron chi connectivity index (χ2n) is 4.88. The second kappa shape index (κ2) is 6.61. The van der Waals surface area contributed by atoms with E-state index in [0.29, 0.717) is 17.1 Å². The summed E-state index contributed by atoms with van der Waals surface area (Å²) in [6, 6.07) is 5.12. The maximum atomic E-state index is 12.2. The van der Waals surface area contributed by atoms with Crippen molar-refractivity contribution < 1.29 is 19.0 Å². The third-order valence-electron chi connectivity index (χ3n) is 3.53. The Morgan fingerprint density at radius 3 is 2.70 bits per heavy atom. The lowest BCUT2D eigenvalue weighted by Crippen LogP contribution is -2.40. The summed E-state index contributed by atoms with van der Waals surface area (Å²) >= 11 is 0. The van der Waals surface area contributed by atoms with Crippen molar-refractivity contribution in [2.75, 3.05) is 20.8 Å². The van der Waals surface area contributed by atoms with E-state index in [0.717, 1.165) is 19.4 Å². The Morgan fingerprint density at radius 1 is 1.35 bits per heavy atom. The highest BCUT2D eigenvalue weighted by Gasteiger charge is 2.24. The number of ether oxygens (including phenoxy) is 3. The molecule has 1 aliphatic rings. The number of methoxy groups -OCH3 is 2. The van der Waals surface area contributed by atoms with Crippen molar-refractivity contribution in [3.8, 4) is 11.5 Å². The van der Waals surface area contributed by atoms with Crippen LogP contribution in [0.25, 0.3) is 0 Å². The molecular weight excluding hydrogens is 258 g/mol. The molecule has 2 rings (SSSR count). The summed E-state index contributed by atoms with van der Waals surface area (Å²) in [6.07, 6.45) is 2.16. The Morgan fingerprint density at radius 2 is 2.10 bits per heavy atom. The fourth-order valence-electron chi connectivity index (χ4n) is 2.36. The van der Waals surface area contributed by atoms with E-state index in [1.165, 1.54) is 0 Å². The molecule has 5 heteroatoms. The number of hydrogen-bond donors (Lipinski definition) is 1. The molecule has 110 valence electrons. The van der Waals surface area contributed by atoms with Crippen molar-refractivity contribution in [1.29, 1.82) is 0 Å². The molecule has 0 spiro atoms. The van der Waals surface area contributed by atoms with Crippen LogP contribution < -0.4 is 14.8 Å². The fourth-order valence-corrected chi connectivity index (χ4v) is 2.36. The predicted octanol–water partition coefficient (Wildman–Crippen LogP) is 2.00. The van der Waals surface area contributed by atoms with Gasteiger partial charge in [0.05, 0.1) is 26.4 Å². The van der Waals surface area contributed by atoms with Crippen LogP contribution in [-0.4, -0.2) is 38.9 Å². The maximum Gasteiger partial charge on any atom is 0.251 e. The fraction of sp³-hybridized carbons (Fsp3) is 0.533. The molecule has 0 saturated carbocycles. The first-order chi connectivity index (χ1) is 9.65. The van der Waals surface area contributed by atoms with Gasteiger partial charge in [-0.3, -0.25) is 4.79 Å². The molecule has 2 atom stereocenters. The van der Waals surface area contributed by atoms with Crippen LogP contribution in [0.4, 0.5) is 0 Å². The topological polar surface area (TPSA) is 56.8 Å². The minimum Gasteiger partial charge on any atom is -0.493 e. The van der Waals surface area contributed by atoms with Crippen LogP contribution in [0.2, 0.25) is 0 Å². The zero-order valence-electron chi connectivity index (χ0n) is 12.1. The van der Waals surface area contributed by atoms with Crippen LogP contribution >= 0.6 is 0 Å². The van der Waals surface area contributed by atoms with Gasteiger partial charge < -0.3 is 19.5 Å². The smallest absolute Gasteiger partial charge is 0.251 e. The zero-order valence-corrected chi connectivity index (χ0v) is 12.1. The molecule has 1 aromatic carbocycles. The Balaban J connectivity index is 2.04. The molecule has 0 aliphatic carbocycles. The first-order valence-electron chi connectivity index (χ1n) is 6.80. The van der Waals surface area contributed by atoms with Crippen LogP contribution in [0, 0.1) is 0 Å². The van der Waals surface area contributed by atoms with Crippen LogP contribution in [0.5, 0.6) is 11.5 Å². The zero-order chi connectivity index (χ0) is 14.5. The minimum absolute atomic E-state index is 0.00176. The van der Waals surface area contributed by atoms with Gasteiger partial charge in [0.15, 0.2) is 11.5 Å². The van der Waals surface area contributed by atoms with E-state index in [1.54, 1.807) is 32.4 Å². The summed E-state index contributed by atoms with van der Waals surface area (Å²) in [5.74, 6) is 1.02. The van der Waals surface area contributed by atoms with Gasteiger partial charge in [-0.25, -0.2) is 0 Å². The molecule has 1 fully saturated rings. The molecule has 1 aromatic rings. The first-order valence-corrected chi connectivity index (χ1v) is 6.80. The van der Waals surface area contributed by atoms with Gasteiger partial charge in [0.1, 0.15) is 0 Å². The van der Waals surface area contributed by atoms with Crippen molar-refractivity contribution >= 4 is 5.91 Å². The molecular formula is C15H21NO4. The quantitative estimate of drug-likeness (QED) is 0.895. The molecule has 1 N–H and O–H groups in total. The van der Waals surface area contributed by atoms with E-state index in [9.17, 15) is 4.79 Å². The van der Waals surface area contributed by atoms with Crippen molar-refractivity contribution in [1.82, 2.24) is 5.32 Å². The molecule has 20 heavy (non-hydrogen) atoms. The molecule has 2 unspecified atom stereocenters. The molecule has 1 amide bonds. The average Bonchev–Trinajstić information content (AvgIpc) is 3.00. The highest BCUT2D eigenvalue weighted by atomic mass is 16.5. The Labute approximate surface area is 119 Å².